The third kappa shape index (κ3) is 2.72. The zero-order valence-corrected chi connectivity index (χ0v) is 6.08. The van der Waals surface area contributed by atoms with E-state index in [1.807, 2.05) is 0 Å². The minimum atomic E-state index is -1.97. The molecule has 0 aliphatic rings. The predicted octanol–water partition coefficient (Wildman–Crippen LogP) is -3.43. The monoisotopic (exact) mass is 181 g/mol. The van der Waals surface area contributed by atoms with E-state index >= 15 is 0 Å². The molecule has 0 unspecified atom stereocenters. The van der Waals surface area contributed by atoms with Crippen molar-refractivity contribution >= 4 is 5.91 Å². The smallest absolute Gasteiger partial charge is 0.274 e. The Morgan fingerprint density at radius 2 is 1.83 bits per heavy atom. The summed E-state index contributed by atoms with van der Waals surface area (Å²) in [5.74, 6) is -1.25. The van der Waals surface area contributed by atoms with Crippen molar-refractivity contribution < 1.29 is 30.4 Å². The minimum Gasteiger partial charge on any atom is -0.394 e. The Balaban J connectivity index is 4.08. The molecule has 0 aromatic carbocycles. The zero-order valence-electron chi connectivity index (χ0n) is 6.08. The van der Waals surface area contributed by atoms with Gasteiger partial charge in [0.05, 0.1) is 6.61 Å². The number of hydrogen-bond acceptors (Lipinski definition) is 6. The van der Waals surface area contributed by atoms with E-state index in [-0.39, 0.29) is 0 Å². The van der Waals surface area contributed by atoms with Crippen LogP contribution in [0.5, 0.6) is 0 Å². The number of carbonyl (C=O) groups excluding carboxylic acids is 1. The van der Waals surface area contributed by atoms with Gasteiger partial charge in [0.1, 0.15) is 12.2 Å². The number of aliphatic hydroxyl groups excluding tert-OH is 4. The molecule has 0 heterocycles. The van der Waals surface area contributed by atoms with Gasteiger partial charge in [-0.25, -0.2) is 5.48 Å². The topological polar surface area (TPSA) is 130 Å². The molecular weight excluding hydrogens is 170 g/mol. The van der Waals surface area contributed by atoms with Crippen molar-refractivity contribution in [2.45, 2.75) is 18.3 Å². The van der Waals surface area contributed by atoms with Crippen molar-refractivity contribution in [3.05, 3.63) is 0 Å². The number of carbonyl (C=O) groups is 1. The summed E-state index contributed by atoms with van der Waals surface area (Å²) in [6.45, 7) is -0.795. The zero-order chi connectivity index (χ0) is 9.72. The van der Waals surface area contributed by atoms with Crippen LogP contribution in [-0.4, -0.2) is 56.5 Å². The summed E-state index contributed by atoms with van der Waals surface area (Å²) in [4.78, 5) is 10.4. The van der Waals surface area contributed by atoms with Crippen molar-refractivity contribution in [2.75, 3.05) is 6.61 Å². The number of rotatable bonds is 4. The highest BCUT2D eigenvalue weighted by atomic mass is 16.5. The van der Waals surface area contributed by atoms with Crippen LogP contribution < -0.4 is 5.48 Å². The third-order valence-corrected chi connectivity index (χ3v) is 1.28. The van der Waals surface area contributed by atoms with E-state index in [9.17, 15) is 4.79 Å². The Kier molecular flexibility index (Phi) is 4.71. The van der Waals surface area contributed by atoms with E-state index in [4.69, 9.17) is 25.6 Å². The van der Waals surface area contributed by atoms with Crippen LogP contribution in [0.4, 0.5) is 0 Å². The van der Waals surface area contributed by atoms with Crippen molar-refractivity contribution in [2.24, 2.45) is 0 Å². The second-order valence-corrected chi connectivity index (χ2v) is 2.16. The molecule has 0 fully saturated rings. The number of hydroxylamine groups is 1. The van der Waals surface area contributed by atoms with Crippen LogP contribution in [0.1, 0.15) is 0 Å². The average Bonchev–Trinajstić information content (AvgIpc) is 2.12. The largest absolute Gasteiger partial charge is 0.394 e. The van der Waals surface area contributed by atoms with Crippen LogP contribution in [0.3, 0.4) is 0 Å². The molecule has 0 aromatic heterocycles. The van der Waals surface area contributed by atoms with Crippen molar-refractivity contribution in [3.63, 3.8) is 0 Å². The molecule has 0 aliphatic carbocycles. The van der Waals surface area contributed by atoms with E-state index in [0.29, 0.717) is 0 Å². The average molecular weight is 181 g/mol. The molecule has 0 aromatic rings. The molecular formula is C5H11NO6. The van der Waals surface area contributed by atoms with Gasteiger partial charge in [0, 0.05) is 0 Å². The first-order valence-electron chi connectivity index (χ1n) is 3.13. The Labute approximate surface area is 67.8 Å². The summed E-state index contributed by atoms with van der Waals surface area (Å²) in [6, 6.07) is 0. The van der Waals surface area contributed by atoms with Gasteiger partial charge >= 0.3 is 0 Å². The lowest BCUT2D eigenvalue weighted by Crippen LogP contribution is -2.47. The highest BCUT2D eigenvalue weighted by Crippen LogP contribution is 1.99. The summed E-state index contributed by atoms with van der Waals surface area (Å²) in [6.07, 6.45) is -5.43. The second kappa shape index (κ2) is 5.01. The standard InChI is InChI=1S/C5H11NO6/c7-1-2(8)3(9)4(10)5(11)6-12/h2-4,7-10,12H,1H2,(H,6,11)/t2-,3-,4-/m0/s1. The fourth-order valence-corrected chi connectivity index (χ4v) is 0.540. The highest BCUT2D eigenvalue weighted by molar-refractivity contribution is 5.79. The molecule has 6 N–H and O–H groups in total. The molecule has 1 amide bonds. The summed E-state index contributed by atoms with van der Waals surface area (Å²) >= 11 is 0. The van der Waals surface area contributed by atoms with Gasteiger partial charge in [-0.1, -0.05) is 0 Å². The molecule has 0 saturated carbocycles. The molecule has 0 spiro atoms. The maximum atomic E-state index is 10.4. The molecule has 7 nitrogen and oxygen atoms in total. The fourth-order valence-electron chi connectivity index (χ4n) is 0.540. The lowest BCUT2D eigenvalue weighted by atomic mass is 10.1. The number of nitrogens with one attached hydrogen (secondary N) is 1. The van der Waals surface area contributed by atoms with Crippen molar-refractivity contribution in [1.29, 1.82) is 0 Å². The van der Waals surface area contributed by atoms with Gasteiger partial charge in [-0.05, 0) is 0 Å². The molecule has 72 valence electrons. The van der Waals surface area contributed by atoms with E-state index in [2.05, 4.69) is 0 Å². The molecule has 0 saturated heterocycles. The number of hydrogen-bond donors (Lipinski definition) is 6. The van der Waals surface area contributed by atoms with Crippen LogP contribution >= 0.6 is 0 Å². The summed E-state index contributed by atoms with van der Waals surface area (Å²) in [7, 11) is 0. The van der Waals surface area contributed by atoms with E-state index in [1.54, 1.807) is 0 Å². The maximum Gasteiger partial charge on any atom is 0.274 e. The lowest BCUT2D eigenvalue weighted by Gasteiger charge is -2.19. The van der Waals surface area contributed by atoms with Crippen LogP contribution in [0.25, 0.3) is 0 Å². The van der Waals surface area contributed by atoms with Crippen LogP contribution in [-0.2, 0) is 4.79 Å². The summed E-state index contributed by atoms with van der Waals surface area (Å²) < 4.78 is 0. The van der Waals surface area contributed by atoms with Crippen LogP contribution in [0.2, 0.25) is 0 Å². The van der Waals surface area contributed by atoms with E-state index in [0.717, 1.165) is 5.48 Å². The predicted molar refractivity (Wildman–Crippen MR) is 35.0 cm³/mol. The first kappa shape index (κ1) is 11.3. The molecule has 0 radical (unpaired) electrons. The van der Waals surface area contributed by atoms with E-state index < -0.39 is 30.8 Å². The van der Waals surface area contributed by atoms with Crippen LogP contribution in [0, 0.1) is 0 Å². The molecule has 12 heavy (non-hydrogen) atoms. The SMILES string of the molecule is O=C(NO)[C@@H](O)[C@@H](O)[C@@H](O)CO. The number of amides is 1. The first-order chi connectivity index (χ1) is 5.54. The Hall–Kier alpha value is -0.730. The quantitative estimate of drug-likeness (QED) is 0.198. The molecule has 7 heteroatoms. The lowest BCUT2D eigenvalue weighted by molar-refractivity contribution is -0.150. The van der Waals surface area contributed by atoms with Crippen molar-refractivity contribution in [1.82, 2.24) is 5.48 Å². The summed E-state index contributed by atoms with van der Waals surface area (Å²) in [5, 5.41) is 42.7. The Morgan fingerprint density at radius 3 is 2.17 bits per heavy atom. The maximum absolute atomic E-state index is 10.4. The minimum absolute atomic E-state index is 0.795. The highest BCUT2D eigenvalue weighted by Gasteiger charge is 2.29. The third-order valence-electron chi connectivity index (χ3n) is 1.28. The summed E-state index contributed by atoms with van der Waals surface area (Å²) in [5.41, 5.74) is 1.08. The van der Waals surface area contributed by atoms with E-state index in [1.165, 1.54) is 0 Å². The second-order valence-electron chi connectivity index (χ2n) is 2.16. The molecule has 0 aliphatic heterocycles. The fraction of sp³-hybridized carbons (Fsp3) is 0.800. The Morgan fingerprint density at radius 1 is 1.33 bits per heavy atom. The molecule has 3 atom stereocenters. The van der Waals surface area contributed by atoms with Gasteiger partial charge in [-0.15, -0.1) is 0 Å². The molecule has 0 bridgehead atoms. The van der Waals surface area contributed by atoms with Gasteiger partial charge in [-0.2, -0.15) is 0 Å². The first-order valence-corrected chi connectivity index (χ1v) is 3.13. The van der Waals surface area contributed by atoms with Gasteiger partial charge in [0.15, 0.2) is 6.10 Å². The molecule has 0 rings (SSSR count). The van der Waals surface area contributed by atoms with Crippen LogP contribution in [0.15, 0.2) is 0 Å². The normalized spacial score (nSPS) is 18.1. The van der Waals surface area contributed by atoms with Gasteiger partial charge in [-0.3, -0.25) is 10.0 Å². The number of aliphatic hydroxyl groups is 4. The van der Waals surface area contributed by atoms with Gasteiger partial charge in [0.2, 0.25) is 0 Å². The van der Waals surface area contributed by atoms with Gasteiger partial charge in [0.25, 0.3) is 5.91 Å². The van der Waals surface area contributed by atoms with Crippen molar-refractivity contribution in [3.8, 4) is 0 Å². The Bertz CT molecular complexity index is 151. The van der Waals surface area contributed by atoms with Gasteiger partial charge < -0.3 is 20.4 Å².